The van der Waals surface area contributed by atoms with E-state index < -0.39 is 0 Å². The minimum Gasteiger partial charge on any atom is -0.332 e. The molecule has 3 aromatic rings. The maximum Gasteiger partial charge on any atom is 0.256 e. The highest BCUT2D eigenvalue weighted by Crippen LogP contribution is 2.18. The molecule has 0 aliphatic rings. The first-order chi connectivity index (χ1) is 14.4. The minimum atomic E-state index is -0.363. The van der Waals surface area contributed by atoms with Crippen LogP contribution in [0.4, 0.5) is 11.4 Å². The SMILES string of the molecule is Cc1ccc(NC(=O)CN(C)C(=O)c2ccccc2NC(=O)c2ccccc2)cc1. The van der Waals surface area contributed by atoms with Crippen LogP contribution in [0.3, 0.4) is 0 Å². The largest absolute Gasteiger partial charge is 0.332 e. The van der Waals surface area contributed by atoms with Crippen LogP contribution in [0.15, 0.2) is 78.9 Å². The van der Waals surface area contributed by atoms with Crippen LogP contribution in [0.25, 0.3) is 0 Å². The maximum atomic E-state index is 12.9. The number of rotatable bonds is 6. The molecule has 6 nitrogen and oxygen atoms in total. The number of carbonyl (C=O) groups is 3. The van der Waals surface area contributed by atoms with E-state index in [-0.39, 0.29) is 24.3 Å². The average molecular weight is 401 g/mol. The molecule has 0 atom stereocenters. The van der Waals surface area contributed by atoms with Gasteiger partial charge in [-0.3, -0.25) is 14.4 Å². The summed E-state index contributed by atoms with van der Waals surface area (Å²) in [7, 11) is 1.55. The maximum absolute atomic E-state index is 12.9. The van der Waals surface area contributed by atoms with Crippen molar-refractivity contribution < 1.29 is 14.4 Å². The number of nitrogens with one attached hydrogen (secondary N) is 2. The minimum absolute atomic E-state index is 0.117. The second-order valence-electron chi connectivity index (χ2n) is 6.94. The number of anilines is 2. The van der Waals surface area contributed by atoms with Crippen molar-refractivity contribution in [1.29, 1.82) is 0 Å². The molecule has 30 heavy (non-hydrogen) atoms. The van der Waals surface area contributed by atoms with Gasteiger partial charge < -0.3 is 15.5 Å². The van der Waals surface area contributed by atoms with Gasteiger partial charge in [-0.25, -0.2) is 0 Å². The molecule has 152 valence electrons. The fourth-order valence-electron chi connectivity index (χ4n) is 2.89. The summed E-state index contributed by atoms with van der Waals surface area (Å²) in [6, 6.07) is 22.9. The molecule has 0 heterocycles. The third-order valence-corrected chi connectivity index (χ3v) is 4.50. The number of hydrogen-bond acceptors (Lipinski definition) is 3. The highest BCUT2D eigenvalue weighted by Gasteiger charge is 2.19. The second kappa shape index (κ2) is 9.52. The van der Waals surface area contributed by atoms with E-state index in [1.54, 1.807) is 55.6 Å². The van der Waals surface area contributed by atoms with Gasteiger partial charge in [0.05, 0.1) is 17.8 Å². The third kappa shape index (κ3) is 5.32. The highest BCUT2D eigenvalue weighted by atomic mass is 16.2. The van der Waals surface area contributed by atoms with Crippen LogP contribution in [0.2, 0.25) is 0 Å². The first-order valence-electron chi connectivity index (χ1n) is 9.51. The smallest absolute Gasteiger partial charge is 0.256 e. The summed E-state index contributed by atoms with van der Waals surface area (Å²) in [4.78, 5) is 39.0. The van der Waals surface area contributed by atoms with E-state index in [9.17, 15) is 14.4 Å². The molecule has 0 aromatic heterocycles. The van der Waals surface area contributed by atoms with Gasteiger partial charge in [-0.2, -0.15) is 0 Å². The van der Waals surface area contributed by atoms with Crippen molar-refractivity contribution >= 4 is 29.1 Å². The Hall–Kier alpha value is -3.93. The lowest BCUT2D eigenvalue weighted by Gasteiger charge is -2.19. The van der Waals surface area contributed by atoms with Crippen LogP contribution >= 0.6 is 0 Å². The molecule has 2 N–H and O–H groups in total. The monoisotopic (exact) mass is 401 g/mol. The van der Waals surface area contributed by atoms with Crippen molar-refractivity contribution in [1.82, 2.24) is 4.90 Å². The van der Waals surface area contributed by atoms with E-state index in [0.717, 1.165) is 5.56 Å². The Balaban J connectivity index is 1.67. The Morgan fingerprint density at radius 2 is 1.43 bits per heavy atom. The van der Waals surface area contributed by atoms with Crippen molar-refractivity contribution in [3.8, 4) is 0 Å². The molecular formula is C24H23N3O3. The first kappa shape index (κ1) is 20.8. The summed E-state index contributed by atoms with van der Waals surface area (Å²) >= 11 is 0. The van der Waals surface area contributed by atoms with E-state index in [1.807, 2.05) is 37.3 Å². The first-order valence-corrected chi connectivity index (χ1v) is 9.51. The van der Waals surface area contributed by atoms with Gasteiger partial charge in [0.1, 0.15) is 0 Å². The summed E-state index contributed by atoms with van der Waals surface area (Å²) in [6.45, 7) is 1.85. The lowest BCUT2D eigenvalue weighted by molar-refractivity contribution is -0.116. The van der Waals surface area contributed by atoms with Crippen molar-refractivity contribution in [2.45, 2.75) is 6.92 Å². The quantitative estimate of drug-likeness (QED) is 0.656. The number of likely N-dealkylation sites (N-methyl/N-ethyl adjacent to an activating group) is 1. The Morgan fingerprint density at radius 3 is 2.13 bits per heavy atom. The molecule has 3 amide bonds. The van der Waals surface area contributed by atoms with Crippen LogP contribution in [0, 0.1) is 6.92 Å². The topological polar surface area (TPSA) is 78.5 Å². The molecule has 0 aliphatic carbocycles. The van der Waals surface area contributed by atoms with Gasteiger partial charge in [0.2, 0.25) is 5.91 Å². The molecule has 0 saturated carbocycles. The summed E-state index contributed by atoms with van der Waals surface area (Å²) in [5.74, 6) is -0.978. The summed E-state index contributed by atoms with van der Waals surface area (Å²) in [6.07, 6.45) is 0. The lowest BCUT2D eigenvalue weighted by Crippen LogP contribution is -2.35. The van der Waals surface area contributed by atoms with Gasteiger partial charge in [0, 0.05) is 18.3 Å². The lowest BCUT2D eigenvalue weighted by atomic mass is 10.1. The van der Waals surface area contributed by atoms with Gasteiger partial charge in [-0.05, 0) is 43.3 Å². The number of hydrogen-bond donors (Lipinski definition) is 2. The number of carbonyl (C=O) groups excluding carboxylic acids is 3. The third-order valence-electron chi connectivity index (χ3n) is 4.50. The molecule has 3 aromatic carbocycles. The molecule has 0 aliphatic heterocycles. The zero-order valence-corrected chi connectivity index (χ0v) is 16.9. The van der Waals surface area contributed by atoms with Crippen LogP contribution in [0.1, 0.15) is 26.3 Å². The van der Waals surface area contributed by atoms with Gasteiger partial charge in [-0.1, -0.05) is 48.0 Å². The standard InChI is InChI=1S/C24H23N3O3/c1-17-12-14-19(15-13-17)25-22(28)16-27(2)24(30)20-10-6-7-11-21(20)26-23(29)18-8-4-3-5-9-18/h3-15H,16H2,1-2H3,(H,25,28)(H,26,29). The van der Waals surface area contributed by atoms with Gasteiger partial charge >= 0.3 is 0 Å². The van der Waals surface area contributed by atoms with Gasteiger partial charge in [0.15, 0.2) is 0 Å². The Labute approximate surface area is 175 Å². The predicted molar refractivity (Wildman–Crippen MR) is 118 cm³/mol. The molecule has 0 fully saturated rings. The van der Waals surface area contributed by atoms with E-state index in [2.05, 4.69) is 10.6 Å². The zero-order valence-electron chi connectivity index (χ0n) is 16.9. The molecule has 0 bridgehead atoms. The molecule has 6 heteroatoms. The fourth-order valence-corrected chi connectivity index (χ4v) is 2.89. The highest BCUT2D eigenvalue weighted by molar-refractivity contribution is 6.09. The molecule has 0 spiro atoms. The van der Waals surface area contributed by atoms with E-state index in [4.69, 9.17) is 0 Å². The molecular weight excluding hydrogens is 378 g/mol. The summed E-state index contributed by atoms with van der Waals surface area (Å²) in [5.41, 5.74) is 2.96. The van der Waals surface area contributed by atoms with Crippen molar-refractivity contribution in [2.75, 3.05) is 24.2 Å². The van der Waals surface area contributed by atoms with Gasteiger partial charge in [0.25, 0.3) is 11.8 Å². The summed E-state index contributed by atoms with van der Waals surface area (Å²) in [5, 5.41) is 5.55. The molecule has 0 saturated heterocycles. The molecule has 0 unspecified atom stereocenters. The number of nitrogens with zero attached hydrogens (tertiary/aromatic N) is 1. The number of benzene rings is 3. The van der Waals surface area contributed by atoms with E-state index in [0.29, 0.717) is 22.5 Å². The van der Waals surface area contributed by atoms with Crippen LogP contribution in [-0.2, 0) is 4.79 Å². The zero-order chi connectivity index (χ0) is 21.5. The fraction of sp³-hybridized carbons (Fsp3) is 0.125. The molecule has 0 radical (unpaired) electrons. The number of aryl methyl sites for hydroxylation is 1. The van der Waals surface area contributed by atoms with E-state index in [1.165, 1.54) is 4.90 Å². The second-order valence-corrected chi connectivity index (χ2v) is 6.94. The van der Waals surface area contributed by atoms with Crippen molar-refractivity contribution in [2.24, 2.45) is 0 Å². The predicted octanol–water partition coefficient (Wildman–Crippen LogP) is 3.96. The van der Waals surface area contributed by atoms with Crippen LogP contribution in [-0.4, -0.2) is 36.2 Å². The van der Waals surface area contributed by atoms with Gasteiger partial charge in [-0.15, -0.1) is 0 Å². The normalized spacial score (nSPS) is 10.2. The number of para-hydroxylation sites is 1. The van der Waals surface area contributed by atoms with Crippen LogP contribution in [0.5, 0.6) is 0 Å². The van der Waals surface area contributed by atoms with Crippen molar-refractivity contribution in [3.63, 3.8) is 0 Å². The van der Waals surface area contributed by atoms with Crippen LogP contribution < -0.4 is 10.6 Å². The van der Waals surface area contributed by atoms with Crippen molar-refractivity contribution in [3.05, 3.63) is 95.6 Å². The Kier molecular flexibility index (Phi) is 6.60. The number of amides is 3. The Bertz CT molecular complexity index is 1050. The average Bonchev–Trinajstić information content (AvgIpc) is 2.75. The summed E-state index contributed by atoms with van der Waals surface area (Å²) < 4.78 is 0. The molecule has 3 rings (SSSR count). The Morgan fingerprint density at radius 1 is 0.800 bits per heavy atom. The van der Waals surface area contributed by atoms with E-state index >= 15 is 0 Å².